The minimum atomic E-state index is -0.861. The van der Waals surface area contributed by atoms with Crippen molar-refractivity contribution in [3.05, 3.63) is 35.4 Å². The maximum absolute atomic E-state index is 10.6. The highest BCUT2D eigenvalue weighted by molar-refractivity contribution is 5.67. The van der Waals surface area contributed by atoms with Crippen molar-refractivity contribution in [2.75, 3.05) is 0 Å². The van der Waals surface area contributed by atoms with Crippen LogP contribution in [0.15, 0.2) is 24.3 Å². The van der Waals surface area contributed by atoms with Gasteiger partial charge in [-0.15, -0.1) is 0 Å². The molecule has 1 atom stereocenters. The highest BCUT2D eigenvalue weighted by Gasteiger charge is 2.13. The van der Waals surface area contributed by atoms with Crippen LogP contribution in [0.4, 0.5) is 0 Å². The van der Waals surface area contributed by atoms with E-state index in [9.17, 15) is 4.79 Å². The first-order valence-electron chi connectivity index (χ1n) is 5.44. The predicted octanol–water partition coefficient (Wildman–Crippen LogP) is 1.62. The molecule has 1 aromatic rings. The van der Waals surface area contributed by atoms with E-state index in [1.165, 1.54) is 5.56 Å². The second-order valence-electron chi connectivity index (χ2n) is 3.81. The van der Waals surface area contributed by atoms with Crippen molar-refractivity contribution in [1.29, 1.82) is 0 Å². The highest BCUT2D eigenvalue weighted by atomic mass is 16.4. The fraction of sp³-hybridized carbons (Fsp3) is 0.417. The first-order valence-corrected chi connectivity index (χ1v) is 5.44. The van der Waals surface area contributed by atoms with Crippen LogP contribution in [0.25, 0.3) is 0 Å². The van der Waals surface area contributed by atoms with Crippen molar-refractivity contribution in [2.24, 2.45) is 5.84 Å². The number of carboxylic acid groups (broad SMARTS) is 1. The van der Waals surface area contributed by atoms with Crippen molar-refractivity contribution < 1.29 is 9.90 Å². The van der Waals surface area contributed by atoms with Gasteiger partial charge in [0.05, 0.1) is 12.5 Å². The van der Waals surface area contributed by atoms with E-state index in [0.29, 0.717) is 0 Å². The van der Waals surface area contributed by atoms with Gasteiger partial charge in [-0.25, -0.2) is 0 Å². The van der Waals surface area contributed by atoms with Crippen LogP contribution in [0.3, 0.4) is 0 Å². The summed E-state index contributed by atoms with van der Waals surface area (Å²) in [4.78, 5) is 10.6. The Balaban J connectivity index is 2.73. The highest BCUT2D eigenvalue weighted by Crippen LogP contribution is 2.17. The lowest BCUT2D eigenvalue weighted by Crippen LogP contribution is -2.29. The van der Waals surface area contributed by atoms with Crippen molar-refractivity contribution in [2.45, 2.75) is 32.2 Å². The summed E-state index contributed by atoms with van der Waals surface area (Å²) in [6.45, 7) is 2.13. The number of carbonyl (C=O) groups is 1. The third kappa shape index (κ3) is 3.64. The Morgan fingerprint density at radius 2 is 2.06 bits per heavy atom. The van der Waals surface area contributed by atoms with E-state index in [0.717, 1.165) is 18.4 Å². The van der Waals surface area contributed by atoms with Gasteiger partial charge in [-0.05, 0) is 17.5 Å². The average Bonchev–Trinajstić information content (AvgIpc) is 2.27. The van der Waals surface area contributed by atoms with E-state index in [4.69, 9.17) is 10.9 Å². The van der Waals surface area contributed by atoms with Gasteiger partial charge in [0.2, 0.25) is 0 Å². The van der Waals surface area contributed by atoms with Gasteiger partial charge in [0.15, 0.2) is 0 Å². The third-order valence-electron chi connectivity index (χ3n) is 2.50. The topological polar surface area (TPSA) is 75.3 Å². The number of benzene rings is 1. The van der Waals surface area contributed by atoms with Gasteiger partial charge in [0.1, 0.15) is 0 Å². The summed E-state index contributed by atoms with van der Waals surface area (Å²) < 4.78 is 0. The Labute approximate surface area is 95.4 Å². The molecule has 0 aliphatic rings. The Morgan fingerprint density at radius 1 is 1.44 bits per heavy atom. The minimum absolute atomic E-state index is 0.0103. The molecular formula is C12H18N2O2. The lowest BCUT2D eigenvalue weighted by atomic mass is 10.0. The predicted molar refractivity (Wildman–Crippen MR) is 62.8 cm³/mol. The van der Waals surface area contributed by atoms with Gasteiger partial charge in [0.25, 0.3) is 0 Å². The molecule has 4 heteroatoms. The molecule has 0 fully saturated rings. The van der Waals surface area contributed by atoms with Gasteiger partial charge in [0, 0.05) is 0 Å². The van der Waals surface area contributed by atoms with Crippen LogP contribution >= 0.6 is 0 Å². The zero-order valence-corrected chi connectivity index (χ0v) is 9.44. The molecule has 88 valence electrons. The van der Waals surface area contributed by atoms with Crippen LogP contribution in [-0.4, -0.2) is 11.1 Å². The molecule has 1 aromatic carbocycles. The van der Waals surface area contributed by atoms with Crippen LogP contribution in [0.5, 0.6) is 0 Å². The van der Waals surface area contributed by atoms with Crippen molar-refractivity contribution in [3.63, 3.8) is 0 Å². The normalized spacial score (nSPS) is 12.4. The molecule has 0 amide bonds. The first-order chi connectivity index (χ1) is 7.67. The Hall–Kier alpha value is -1.39. The van der Waals surface area contributed by atoms with Gasteiger partial charge < -0.3 is 5.11 Å². The molecule has 1 unspecified atom stereocenters. The van der Waals surface area contributed by atoms with Gasteiger partial charge in [-0.2, -0.15) is 0 Å². The number of aliphatic carboxylic acids is 1. The van der Waals surface area contributed by atoms with Crippen molar-refractivity contribution in [3.8, 4) is 0 Å². The number of nitrogens with two attached hydrogens (primary N) is 1. The van der Waals surface area contributed by atoms with E-state index in [-0.39, 0.29) is 12.5 Å². The number of hydrazine groups is 1. The third-order valence-corrected chi connectivity index (χ3v) is 2.50. The largest absolute Gasteiger partial charge is 0.481 e. The van der Waals surface area contributed by atoms with Gasteiger partial charge >= 0.3 is 5.97 Å². The fourth-order valence-corrected chi connectivity index (χ4v) is 1.65. The minimum Gasteiger partial charge on any atom is -0.481 e. The first kappa shape index (κ1) is 12.7. The summed E-state index contributed by atoms with van der Waals surface area (Å²) in [5.41, 5.74) is 4.69. The SMILES string of the molecule is CCCc1ccc(C(CC(=O)O)NN)cc1. The Kier molecular flexibility index (Phi) is 4.95. The molecule has 0 heterocycles. The molecule has 0 aromatic heterocycles. The van der Waals surface area contributed by atoms with Crippen LogP contribution in [-0.2, 0) is 11.2 Å². The van der Waals surface area contributed by atoms with Crippen LogP contribution < -0.4 is 11.3 Å². The monoisotopic (exact) mass is 222 g/mol. The second-order valence-corrected chi connectivity index (χ2v) is 3.81. The number of aryl methyl sites for hydroxylation is 1. The molecule has 0 saturated heterocycles. The molecule has 4 nitrogen and oxygen atoms in total. The number of carboxylic acids is 1. The Morgan fingerprint density at radius 3 is 2.50 bits per heavy atom. The van der Waals surface area contributed by atoms with Crippen molar-refractivity contribution >= 4 is 5.97 Å². The summed E-state index contributed by atoms with van der Waals surface area (Å²) in [5, 5.41) is 8.72. The number of rotatable bonds is 6. The quantitative estimate of drug-likeness (QED) is 0.505. The number of hydrogen-bond acceptors (Lipinski definition) is 3. The zero-order valence-electron chi connectivity index (χ0n) is 9.44. The molecule has 0 radical (unpaired) electrons. The standard InChI is InChI=1S/C12H18N2O2/c1-2-3-9-4-6-10(7-5-9)11(14-13)8-12(15)16/h4-7,11,14H,2-3,8,13H2,1H3,(H,15,16). The fourth-order valence-electron chi connectivity index (χ4n) is 1.65. The summed E-state index contributed by atoms with van der Waals surface area (Å²) in [6, 6.07) is 7.57. The number of nitrogens with one attached hydrogen (secondary N) is 1. The van der Waals surface area contributed by atoms with E-state index < -0.39 is 5.97 Å². The molecule has 0 bridgehead atoms. The maximum atomic E-state index is 10.6. The lowest BCUT2D eigenvalue weighted by Gasteiger charge is -2.14. The molecule has 0 aliphatic heterocycles. The average molecular weight is 222 g/mol. The summed E-state index contributed by atoms with van der Waals surface area (Å²) in [6.07, 6.45) is 2.14. The van der Waals surface area contributed by atoms with Gasteiger partial charge in [-0.1, -0.05) is 37.6 Å². The smallest absolute Gasteiger partial charge is 0.305 e. The second kappa shape index (κ2) is 6.25. The van der Waals surface area contributed by atoms with E-state index in [2.05, 4.69) is 12.3 Å². The van der Waals surface area contributed by atoms with E-state index in [1.807, 2.05) is 24.3 Å². The van der Waals surface area contributed by atoms with Crippen molar-refractivity contribution in [1.82, 2.24) is 5.43 Å². The molecular weight excluding hydrogens is 204 g/mol. The molecule has 16 heavy (non-hydrogen) atoms. The number of hydrogen-bond donors (Lipinski definition) is 3. The molecule has 0 saturated carbocycles. The van der Waals surface area contributed by atoms with Crippen LogP contribution in [0, 0.1) is 0 Å². The van der Waals surface area contributed by atoms with Crippen LogP contribution in [0.1, 0.15) is 36.9 Å². The summed E-state index contributed by atoms with van der Waals surface area (Å²) in [5.74, 6) is 4.48. The van der Waals surface area contributed by atoms with E-state index in [1.54, 1.807) is 0 Å². The van der Waals surface area contributed by atoms with Crippen LogP contribution in [0.2, 0.25) is 0 Å². The lowest BCUT2D eigenvalue weighted by molar-refractivity contribution is -0.137. The van der Waals surface area contributed by atoms with Gasteiger partial charge in [-0.3, -0.25) is 16.1 Å². The molecule has 0 spiro atoms. The Bertz CT molecular complexity index is 335. The summed E-state index contributed by atoms with van der Waals surface area (Å²) >= 11 is 0. The molecule has 1 rings (SSSR count). The zero-order chi connectivity index (χ0) is 12.0. The summed E-state index contributed by atoms with van der Waals surface area (Å²) in [7, 11) is 0. The van der Waals surface area contributed by atoms with E-state index >= 15 is 0 Å². The maximum Gasteiger partial charge on any atom is 0.305 e. The molecule has 0 aliphatic carbocycles. The molecule has 4 N–H and O–H groups in total.